The van der Waals surface area contributed by atoms with Crippen LogP contribution in [0.3, 0.4) is 0 Å². The molecule has 0 aromatic heterocycles. The Hall–Kier alpha value is -2.60. The number of halogens is 4. The van der Waals surface area contributed by atoms with E-state index in [1.165, 1.54) is 4.90 Å². The van der Waals surface area contributed by atoms with Crippen molar-refractivity contribution in [2.45, 2.75) is 51.1 Å². The Balaban J connectivity index is 1.85. The molecule has 4 rings (SSSR count). The van der Waals surface area contributed by atoms with Crippen molar-refractivity contribution in [1.29, 1.82) is 0 Å². The molecule has 1 aliphatic heterocycles. The van der Waals surface area contributed by atoms with Gasteiger partial charge in [0.25, 0.3) is 0 Å². The maximum absolute atomic E-state index is 13.3. The Labute approximate surface area is 183 Å². The molecule has 2 aromatic carbocycles. The number of Topliss-reactive ketones (excluding diaryl/α,β-unsaturated/α-hetero) is 1. The zero-order chi connectivity index (χ0) is 22.3. The molecule has 0 saturated heterocycles. The van der Waals surface area contributed by atoms with E-state index < -0.39 is 17.7 Å². The Morgan fingerprint density at radius 2 is 1.77 bits per heavy atom. The van der Waals surface area contributed by atoms with E-state index in [0.717, 1.165) is 35.7 Å². The summed E-state index contributed by atoms with van der Waals surface area (Å²) in [6.07, 6.45) is -2.36. The van der Waals surface area contributed by atoms with Gasteiger partial charge in [0.15, 0.2) is 5.78 Å². The molecule has 1 aliphatic carbocycles. The van der Waals surface area contributed by atoms with E-state index >= 15 is 0 Å². The van der Waals surface area contributed by atoms with Crippen LogP contribution in [0.1, 0.15) is 55.2 Å². The fourth-order valence-corrected chi connectivity index (χ4v) is 4.61. The topological polar surface area (TPSA) is 37.4 Å². The summed E-state index contributed by atoms with van der Waals surface area (Å²) < 4.78 is 39.9. The highest BCUT2D eigenvalue weighted by molar-refractivity contribution is 6.34. The number of amides is 1. The largest absolute Gasteiger partial charge is 0.416 e. The van der Waals surface area contributed by atoms with Crippen LogP contribution in [0.5, 0.6) is 0 Å². The van der Waals surface area contributed by atoms with Crippen LogP contribution in [0.2, 0.25) is 5.02 Å². The van der Waals surface area contributed by atoms with Gasteiger partial charge in [-0.2, -0.15) is 13.2 Å². The van der Waals surface area contributed by atoms with Crippen LogP contribution in [-0.4, -0.2) is 11.7 Å². The molecule has 0 radical (unpaired) electrons. The molecule has 2 aliphatic rings. The fourth-order valence-electron chi connectivity index (χ4n) is 4.40. The summed E-state index contributed by atoms with van der Waals surface area (Å²) in [4.78, 5) is 27.4. The molecule has 0 saturated carbocycles. The van der Waals surface area contributed by atoms with E-state index in [0.29, 0.717) is 30.5 Å². The molecule has 0 spiro atoms. The monoisotopic (exact) mass is 447 g/mol. The van der Waals surface area contributed by atoms with Gasteiger partial charge in [-0.3, -0.25) is 14.5 Å². The smallest absolute Gasteiger partial charge is 0.294 e. The average Bonchev–Trinajstić information content (AvgIpc) is 2.73. The summed E-state index contributed by atoms with van der Waals surface area (Å²) in [5.74, 6) is -0.826. The molecule has 1 amide bonds. The standard InChI is InChI=1S/C24H21ClF3NO2/c1-2-14-6-8-15(9-7-14)17-13-22(31)29(19-4-3-5-21(30)23(17)19)20-12-16(24(26,27)28)10-11-18(20)25/h6-12,17H,2-5,13H2,1H3. The zero-order valence-electron chi connectivity index (χ0n) is 16.9. The number of ketones is 1. The molecule has 0 N–H and O–H groups in total. The molecule has 31 heavy (non-hydrogen) atoms. The predicted molar refractivity (Wildman–Crippen MR) is 113 cm³/mol. The first kappa shape index (κ1) is 21.6. The lowest BCUT2D eigenvalue weighted by molar-refractivity contribution is -0.137. The van der Waals surface area contributed by atoms with Crippen molar-refractivity contribution in [3.8, 4) is 0 Å². The predicted octanol–water partition coefficient (Wildman–Crippen LogP) is 6.45. The van der Waals surface area contributed by atoms with Crippen molar-refractivity contribution in [3.05, 3.63) is 75.4 Å². The number of anilines is 1. The van der Waals surface area contributed by atoms with Gasteiger partial charge in [0.2, 0.25) is 5.91 Å². The highest BCUT2D eigenvalue weighted by Crippen LogP contribution is 2.45. The number of nitrogens with zero attached hydrogens (tertiary/aromatic N) is 1. The number of allylic oxidation sites excluding steroid dienone is 2. The molecule has 1 heterocycles. The number of hydrogen-bond acceptors (Lipinski definition) is 2. The number of hydrogen-bond donors (Lipinski definition) is 0. The van der Waals surface area contributed by atoms with Crippen LogP contribution >= 0.6 is 11.6 Å². The van der Waals surface area contributed by atoms with E-state index in [4.69, 9.17) is 11.6 Å². The van der Waals surface area contributed by atoms with Crippen LogP contribution in [-0.2, 0) is 22.2 Å². The maximum atomic E-state index is 13.3. The van der Waals surface area contributed by atoms with Crippen LogP contribution < -0.4 is 4.90 Å². The molecule has 0 bridgehead atoms. The van der Waals surface area contributed by atoms with Gasteiger partial charge in [0, 0.05) is 30.0 Å². The third kappa shape index (κ3) is 4.01. The Kier molecular flexibility index (Phi) is 5.69. The number of carbonyl (C=O) groups is 2. The summed E-state index contributed by atoms with van der Waals surface area (Å²) >= 11 is 6.23. The minimum Gasteiger partial charge on any atom is -0.294 e. The minimum absolute atomic E-state index is 0.00260. The second-order valence-electron chi connectivity index (χ2n) is 7.88. The Morgan fingerprint density at radius 1 is 1.06 bits per heavy atom. The lowest BCUT2D eigenvalue weighted by Crippen LogP contribution is -2.40. The normalized spacial score (nSPS) is 19.6. The van der Waals surface area contributed by atoms with E-state index in [1.54, 1.807) is 0 Å². The van der Waals surface area contributed by atoms with Gasteiger partial charge < -0.3 is 0 Å². The van der Waals surface area contributed by atoms with Gasteiger partial charge in [-0.1, -0.05) is 42.8 Å². The van der Waals surface area contributed by atoms with Crippen LogP contribution in [0.25, 0.3) is 0 Å². The van der Waals surface area contributed by atoms with Crippen molar-refractivity contribution in [2.24, 2.45) is 0 Å². The van der Waals surface area contributed by atoms with Gasteiger partial charge in [0.05, 0.1) is 16.3 Å². The van der Waals surface area contributed by atoms with E-state index in [-0.39, 0.29) is 28.8 Å². The maximum Gasteiger partial charge on any atom is 0.416 e. The van der Waals surface area contributed by atoms with E-state index in [2.05, 4.69) is 0 Å². The first-order valence-corrected chi connectivity index (χ1v) is 10.6. The van der Waals surface area contributed by atoms with Crippen molar-refractivity contribution >= 4 is 29.0 Å². The van der Waals surface area contributed by atoms with Crippen LogP contribution in [0.4, 0.5) is 18.9 Å². The van der Waals surface area contributed by atoms with Crippen LogP contribution in [0, 0.1) is 0 Å². The minimum atomic E-state index is -4.57. The molecule has 0 fully saturated rings. The van der Waals surface area contributed by atoms with Crippen molar-refractivity contribution in [1.82, 2.24) is 0 Å². The van der Waals surface area contributed by atoms with Crippen molar-refractivity contribution < 1.29 is 22.8 Å². The Bertz CT molecular complexity index is 1070. The quantitative estimate of drug-likeness (QED) is 0.542. The van der Waals surface area contributed by atoms with Gasteiger partial charge in [0.1, 0.15) is 0 Å². The molecular formula is C24H21ClF3NO2. The number of aryl methyl sites for hydroxylation is 1. The summed E-state index contributed by atoms with van der Waals surface area (Å²) in [5, 5.41) is 0.0389. The molecule has 162 valence electrons. The molecule has 2 aromatic rings. The molecule has 1 atom stereocenters. The first-order valence-electron chi connectivity index (χ1n) is 10.3. The number of carbonyl (C=O) groups excluding carboxylic acids is 2. The third-order valence-corrected chi connectivity index (χ3v) is 6.30. The summed E-state index contributed by atoms with van der Waals surface area (Å²) in [7, 11) is 0. The fraction of sp³-hybridized carbons (Fsp3) is 0.333. The van der Waals surface area contributed by atoms with Gasteiger partial charge in [-0.25, -0.2) is 0 Å². The number of benzene rings is 2. The van der Waals surface area contributed by atoms with Crippen LogP contribution in [0.15, 0.2) is 53.7 Å². The lowest BCUT2D eigenvalue weighted by Gasteiger charge is -2.38. The summed E-state index contributed by atoms with van der Waals surface area (Å²) in [5.41, 5.74) is 2.09. The molecule has 1 unspecified atom stereocenters. The van der Waals surface area contributed by atoms with E-state index in [9.17, 15) is 22.8 Å². The molecular weight excluding hydrogens is 427 g/mol. The summed E-state index contributed by atoms with van der Waals surface area (Å²) in [6.45, 7) is 2.04. The second-order valence-corrected chi connectivity index (χ2v) is 8.29. The Morgan fingerprint density at radius 3 is 2.42 bits per heavy atom. The first-order chi connectivity index (χ1) is 14.7. The SMILES string of the molecule is CCc1ccc(C2CC(=O)N(c3cc(C(F)(F)F)ccc3Cl)C3=C2C(=O)CCC3)cc1. The number of rotatable bonds is 3. The molecule has 3 nitrogen and oxygen atoms in total. The third-order valence-electron chi connectivity index (χ3n) is 5.98. The van der Waals surface area contributed by atoms with Gasteiger partial charge in [-0.15, -0.1) is 0 Å². The zero-order valence-corrected chi connectivity index (χ0v) is 17.7. The second kappa shape index (κ2) is 8.15. The highest BCUT2D eigenvalue weighted by atomic mass is 35.5. The highest BCUT2D eigenvalue weighted by Gasteiger charge is 2.41. The van der Waals surface area contributed by atoms with E-state index in [1.807, 2.05) is 31.2 Å². The van der Waals surface area contributed by atoms with Gasteiger partial charge in [-0.05, 0) is 48.6 Å². The lowest BCUT2D eigenvalue weighted by atomic mass is 9.77. The van der Waals surface area contributed by atoms with Crippen molar-refractivity contribution in [3.63, 3.8) is 0 Å². The molecule has 7 heteroatoms. The van der Waals surface area contributed by atoms with Gasteiger partial charge >= 0.3 is 6.18 Å². The summed E-state index contributed by atoms with van der Waals surface area (Å²) in [6, 6.07) is 10.7. The average molecular weight is 448 g/mol. The number of alkyl halides is 3. The van der Waals surface area contributed by atoms with Crippen molar-refractivity contribution in [2.75, 3.05) is 4.90 Å².